The highest BCUT2D eigenvalue weighted by molar-refractivity contribution is 5.99. The maximum absolute atomic E-state index is 11.6. The standard InChI is InChI=1S/C15H15N3O3/c1-11(19)14-8-13(5-6-15(14)18(20)21)17(2)10-12-4-3-7-16-9-12/h3-9H,10H2,1-2H3. The quantitative estimate of drug-likeness (QED) is 0.479. The molecule has 0 aliphatic heterocycles. The molecule has 0 saturated heterocycles. The fourth-order valence-corrected chi connectivity index (χ4v) is 2.06. The summed E-state index contributed by atoms with van der Waals surface area (Å²) in [7, 11) is 1.86. The number of carbonyl (C=O) groups excluding carboxylic acids is 1. The molecule has 0 saturated carbocycles. The van der Waals surface area contributed by atoms with Crippen LogP contribution in [0.3, 0.4) is 0 Å². The van der Waals surface area contributed by atoms with Crippen molar-refractivity contribution in [2.24, 2.45) is 0 Å². The minimum Gasteiger partial charge on any atom is -0.370 e. The predicted octanol–water partition coefficient (Wildman–Crippen LogP) is 2.83. The molecule has 0 amide bonds. The molecule has 1 aromatic heterocycles. The zero-order valence-electron chi connectivity index (χ0n) is 11.8. The van der Waals surface area contributed by atoms with E-state index in [1.54, 1.807) is 24.5 Å². The van der Waals surface area contributed by atoms with Gasteiger partial charge in [-0.3, -0.25) is 19.9 Å². The Bertz CT molecular complexity index is 671. The molecule has 0 aliphatic rings. The molecule has 0 radical (unpaired) electrons. The van der Waals surface area contributed by atoms with Crippen molar-refractivity contribution in [3.63, 3.8) is 0 Å². The molecule has 0 N–H and O–H groups in total. The number of pyridine rings is 1. The second-order valence-electron chi connectivity index (χ2n) is 4.73. The zero-order chi connectivity index (χ0) is 15.4. The Hall–Kier alpha value is -2.76. The van der Waals surface area contributed by atoms with Gasteiger partial charge in [-0.2, -0.15) is 0 Å². The van der Waals surface area contributed by atoms with Crippen LogP contribution in [0.2, 0.25) is 0 Å². The Labute approximate surface area is 122 Å². The normalized spacial score (nSPS) is 10.2. The van der Waals surface area contributed by atoms with E-state index >= 15 is 0 Å². The summed E-state index contributed by atoms with van der Waals surface area (Å²) in [6.45, 7) is 1.93. The van der Waals surface area contributed by atoms with Gasteiger partial charge in [-0.05, 0) is 30.7 Å². The molecule has 0 spiro atoms. The minimum absolute atomic E-state index is 0.121. The van der Waals surface area contributed by atoms with Crippen molar-refractivity contribution in [1.82, 2.24) is 4.98 Å². The number of nitro groups is 1. The second kappa shape index (κ2) is 6.13. The highest BCUT2D eigenvalue weighted by Gasteiger charge is 2.18. The predicted molar refractivity (Wildman–Crippen MR) is 79.4 cm³/mol. The third-order valence-corrected chi connectivity index (χ3v) is 3.14. The van der Waals surface area contributed by atoms with Gasteiger partial charge in [0.1, 0.15) is 0 Å². The molecule has 2 aromatic rings. The number of ketones is 1. The van der Waals surface area contributed by atoms with Crippen molar-refractivity contribution >= 4 is 17.2 Å². The molecule has 0 fully saturated rings. The Morgan fingerprint density at radius 3 is 2.71 bits per heavy atom. The van der Waals surface area contributed by atoms with E-state index in [1.165, 1.54) is 13.0 Å². The van der Waals surface area contributed by atoms with Crippen LogP contribution in [0.25, 0.3) is 0 Å². The smallest absolute Gasteiger partial charge is 0.280 e. The van der Waals surface area contributed by atoms with Crippen LogP contribution < -0.4 is 4.90 Å². The molecular formula is C15H15N3O3. The van der Waals surface area contributed by atoms with Crippen molar-refractivity contribution in [3.05, 3.63) is 64.0 Å². The number of benzene rings is 1. The lowest BCUT2D eigenvalue weighted by molar-refractivity contribution is -0.385. The number of carbonyl (C=O) groups is 1. The van der Waals surface area contributed by atoms with Crippen LogP contribution in [0.5, 0.6) is 0 Å². The van der Waals surface area contributed by atoms with Gasteiger partial charge in [0.05, 0.1) is 10.5 Å². The van der Waals surface area contributed by atoms with E-state index in [2.05, 4.69) is 4.98 Å². The summed E-state index contributed by atoms with van der Waals surface area (Å²) in [4.78, 5) is 27.9. The lowest BCUT2D eigenvalue weighted by Gasteiger charge is -2.19. The van der Waals surface area contributed by atoms with E-state index in [0.29, 0.717) is 6.54 Å². The van der Waals surface area contributed by atoms with E-state index in [-0.39, 0.29) is 17.0 Å². The van der Waals surface area contributed by atoms with Gasteiger partial charge in [-0.1, -0.05) is 6.07 Å². The first kappa shape index (κ1) is 14.6. The molecule has 0 atom stereocenters. The summed E-state index contributed by atoms with van der Waals surface area (Å²) in [5.41, 5.74) is 1.72. The summed E-state index contributed by atoms with van der Waals surface area (Å²) in [6, 6.07) is 8.35. The fourth-order valence-electron chi connectivity index (χ4n) is 2.06. The number of nitrogens with zero attached hydrogens (tertiary/aromatic N) is 3. The summed E-state index contributed by atoms with van der Waals surface area (Å²) >= 11 is 0. The topological polar surface area (TPSA) is 76.3 Å². The van der Waals surface area contributed by atoms with Crippen LogP contribution in [0.15, 0.2) is 42.7 Å². The molecule has 6 nitrogen and oxygen atoms in total. The lowest BCUT2D eigenvalue weighted by atomic mass is 10.1. The minimum atomic E-state index is -0.540. The van der Waals surface area contributed by atoms with Crippen LogP contribution in [0.1, 0.15) is 22.8 Å². The highest BCUT2D eigenvalue weighted by atomic mass is 16.6. The van der Waals surface area contributed by atoms with Gasteiger partial charge in [-0.15, -0.1) is 0 Å². The Morgan fingerprint density at radius 1 is 1.38 bits per heavy atom. The van der Waals surface area contributed by atoms with Crippen LogP contribution in [-0.2, 0) is 6.54 Å². The fraction of sp³-hybridized carbons (Fsp3) is 0.200. The van der Waals surface area contributed by atoms with Crippen molar-refractivity contribution in [1.29, 1.82) is 0 Å². The van der Waals surface area contributed by atoms with Crippen molar-refractivity contribution in [3.8, 4) is 0 Å². The molecule has 0 aliphatic carbocycles. The summed E-state index contributed by atoms with van der Waals surface area (Å²) in [6.07, 6.45) is 3.46. The van der Waals surface area contributed by atoms with Crippen LogP contribution in [0.4, 0.5) is 11.4 Å². The van der Waals surface area contributed by atoms with Gasteiger partial charge in [-0.25, -0.2) is 0 Å². The molecule has 2 rings (SSSR count). The van der Waals surface area contributed by atoms with Crippen molar-refractivity contribution in [2.75, 3.05) is 11.9 Å². The number of nitro benzene ring substituents is 1. The van der Waals surface area contributed by atoms with Gasteiger partial charge < -0.3 is 4.90 Å². The van der Waals surface area contributed by atoms with Gasteiger partial charge in [0.25, 0.3) is 5.69 Å². The second-order valence-corrected chi connectivity index (χ2v) is 4.73. The average molecular weight is 285 g/mol. The number of aromatic nitrogens is 1. The van der Waals surface area contributed by atoms with Gasteiger partial charge in [0, 0.05) is 37.7 Å². The first-order chi connectivity index (χ1) is 9.99. The maximum Gasteiger partial charge on any atom is 0.280 e. The van der Waals surface area contributed by atoms with Crippen LogP contribution in [0, 0.1) is 10.1 Å². The third-order valence-electron chi connectivity index (χ3n) is 3.14. The molecule has 6 heteroatoms. The first-order valence-electron chi connectivity index (χ1n) is 6.38. The van der Waals surface area contributed by atoms with Crippen LogP contribution >= 0.6 is 0 Å². The molecular weight excluding hydrogens is 270 g/mol. The Balaban J connectivity index is 2.30. The van der Waals surface area contributed by atoms with Gasteiger partial charge in [0.2, 0.25) is 0 Å². The van der Waals surface area contributed by atoms with E-state index in [4.69, 9.17) is 0 Å². The molecule has 1 heterocycles. The van der Waals surface area contributed by atoms with Crippen LogP contribution in [-0.4, -0.2) is 22.7 Å². The monoisotopic (exact) mass is 285 g/mol. The van der Waals surface area contributed by atoms with Crippen molar-refractivity contribution < 1.29 is 9.72 Å². The molecule has 108 valence electrons. The maximum atomic E-state index is 11.6. The highest BCUT2D eigenvalue weighted by Crippen LogP contribution is 2.25. The summed E-state index contributed by atoms with van der Waals surface area (Å²) in [5, 5.41) is 10.9. The van der Waals surface area contributed by atoms with E-state index in [0.717, 1.165) is 11.3 Å². The number of Topliss-reactive ketones (excluding diaryl/α,β-unsaturated/α-hetero) is 1. The number of anilines is 1. The lowest BCUT2D eigenvalue weighted by Crippen LogP contribution is -2.17. The summed E-state index contributed by atoms with van der Waals surface area (Å²) in [5.74, 6) is -0.321. The Morgan fingerprint density at radius 2 is 2.14 bits per heavy atom. The van der Waals surface area contributed by atoms with E-state index in [9.17, 15) is 14.9 Å². The van der Waals surface area contributed by atoms with Crippen molar-refractivity contribution in [2.45, 2.75) is 13.5 Å². The number of hydrogen-bond donors (Lipinski definition) is 0. The summed E-state index contributed by atoms with van der Waals surface area (Å²) < 4.78 is 0. The van der Waals surface area contributed by atoms with Gasteiger partial charge >= 0.3 is 0 Å². The Kier molecular flexibility index (Phi) is 4.27. The third kappa shape index (κ3) is 3.42. The largest absolute Gasteiger partial charge is 0.370 e. The molecule has 0 bridgehead atoms. The molecule has 0 unspecified atom stereocenters. The zero-order valence-corrected chi connectivity index (χ0v) is 11.8. The first-order valence-corrected chi connectivity index (χ1v) is 6.38. The van der Waals surface area contributed by atoms with E-state index in [1.807, 2.05) is 24.1 Å². The van der Waals surface area contributed by atoms with E-state index < -0.39 is 4.92 Å². The molecule has 21 heavy (non-hydrogen) atoms. The molecule has 1 aromatic carbocycles. The number of rotatable bonds is 5. The van der Waals surface area contributed by atoms with Gasteiger partial charge in [0.15, 0.2) is 5.78 Å². The SMILES string of the molecule is CC(=O)c1cc(N(C)Cc2cccnc2)ccc1[N+](=O)[O-]. The average Bonchev–Trinajstić information content (AvgIpc) is 2.47. The number of hydrogen-bond acceptors (Lipinski definition) is 5.